The number of hydrogen-bond acceptors (Lipinski definition) is 6. The molecule has 2 heterocycles. The lowest BCUT2D eigenvalue weighted by Gasteiger charge is -2.13. The van der Waals surface area contributed by atoms with Crippen molar-refractivity contribution in [3.8, 4) is 34.5 Å². The fourth-order valence-electron chi connectivity index (χ4n) is 4.57. The summed E-state index contributed by atoms with van der Waals surface area (Å²) in [5.74, 6) is 3.49. The van der Waals surface area contributed by atoms with E-state index in [9.17, 15) is 0 Å². The zero-order valence-corrected chi connectivity index (χ0v) is 18.8. The van der Waals surface area contributed by atoms with Crippen LogP contribution < -0.4 is 28.4 Å². The highest BCUT2D eigenvalue weighted by molar-refractivity contribution is 6.24. The van der Waals surface area contributed by atoms with Crippen LogP contribution in [0.2, 0.25) is 0 Å². The third kappa shape index (κ3) is 2.49. The first kappa shape index (κ1) is 20.0. The molecule has 0 saturated carbocycles. The molecule has 166 valence electrons. The molecule has 0 saturated heterocycles. The first-order valence-corrected chi connectivity index (χ1v) is 9.99. The average molecular weight is 436 g/mol. The second-order valence-corrected chi connectivity index (χ2v) is 7.30. The Kier molecular flexibility index (Phi) is 4.58. The molecule has 3 aromatic carbocycles. The molecule has 5 rings (SSSR count). The molecule has 0 bridgehead atoms. The maximum Gasteiger partial charge on any atom is 0.205 e. The molecule has 0 radical (unpaired) electrons. The summed E-state index contributed by atoms with van der Waals surface area (Å²) in [6.45, 7) is 0. The molecule has 2 aromatic heterocycles. The van der Waals surface area contributed by atoms with E-state index < -0.39 is 0 Å². The van der Waals surface area contributed by atoms with Crippen LogP contribution in [0.5, 0.6) is 34.5 Å². The summed E-state index contributed by atoms with van der Waals surface area (Å²) in [5.41, 5.74) is 3.57. The van der Waals surface area contributed by atoms with Crippen molar-refractivity contribution in [2.75, 3.05) is 42.7 Å². The Hall–Kier alpha value is -3.94. The molecular weight excluding hydrogens is 412 g/mol. The second kappa shape index (κ2) is 7.33. The lowest BCUT2D eigenvalue weighted by Crippen LogP contribution is -1.95. The van der Waals surface area contributed by atoms with E-state index in [2.05, 4.69) is 22.1 Å². The fourth-order valence-corrected chi connectivity index (χ4v) is 4.57. The Morgan fingerprint density at radius 2 is 1.06 bits per heavy atom. The topological polar surface area (TPSA) is 87.0 Å². The van der Waals surface area contributed by atoms with E-state index in [1.54, 1.807) is 42.7 Å². The van der Waals surface area contributed by atoms with E-state index in [4.69, 9.17) is 28.4 Å². The van der Waals surface area contributed by atoms with Crippen molar-refractivity contribution in [3.05, 3.63) is 24.3 Å². The summed E-state index contributed by atoms with van der Waals surface area (Å²) < 4.78 is 33.6. The number of benzene rings is 3. The highest BCUT2D eigenvalue weighted by Gasteiger charge is 2.23. The maximum atomic E-state index is 5.74. The van der Waals surface area contributed by atoms with E-state index in [1.165, 1.54) is 0 Å². The van der Waals surface area contributed by atoms with Gasteiger partial charge in [0.25, 0.3) is 0 Å². The summed E-state index contributed by atoms with van der Waals surface area (Å²) in [5, 5.41) is 3.91. The molecule has 0 unspecified atom stereocenters. The summed E-state index contributed by atoms with van der Waals surface area (Å²) >= 11 is 0. The van der Waals surface area contributed by atoms with Gasteiger partial charge in [0, 0.05) is 22.2 Å². The van der Waals surface area contributed by atoms with E-state index in [0.717, 1.165) is 43.6 Å². The van der Waals surface area contributed by atoms with Crippen LogP contribution in [0.3, 0.4) is 0 Å². The standard InChI is InChI=1S/C24H24N2O6/c1-27-15-9-13-11-7-8-12-17-14(10-16(28-2)21(29-3)23(17)31-5)25-19(12)18(11)26-20(13)24(32-6)22(15)30-4/h7-10,25-26H,1-6H3. The third-order valence-corrected chi connectivity index (χ3v) is 5.93. The van der Waals surface area contributed by atoms with Gasteiger partial charge in [-0.25, -0.2) is 0 Å². The molecule has 8 heteroatoms. The van der Waals surface area contributed by atoms with Crippen molar-refractivity contribution in [3.63, 3.8) is 0 Å². The first-order chi connectivity index (χ1) is 15.6. The quantitative estimate of drug-likeness (QED) is 0.389. The molecule has 5 aromatic rings. The molecule has 0 aliphatic rings. The molecule has 0 atom stereocenters. The van der Waals surface area contributed by atoms with Crippen LogP contribution in [0, 0.1) is 0 Å². The van der Waals surface area contributed by atoms with Gasteiger partial charge in [0.05, 0.1) is 70.1 Å². The Labute approximate surface area is 183 Å². The Morgan fingerprint density at radius 1 is 0.500 bits per heavy atom. The van der Waals surface area contributed by atoms with E-state index in [1.807, 2.05) is 12.1 Å². The Bertz CT molecular complexity index is 1500. The first-order valence-electron chi connectivity index (χ1n) is 9.99. The van der Waals surface area contributed by atoms with Gasteiger partial charge in [-0.05, 0) is 6.07 Å². The van der Waals surface area contributed by atoms with Crippen molar-refractivity contribution in [1.82, 2.24) is 9.97 Å². The van der Waals surface area contributed by atoms with Crippen molar-refractivity contribution >= 4 is 43.6 Å². The van der Waals surface area contributed by atoms with Crippen molar-refractivity contribution < 1.29 is 28.4 Å². The molecule has 32 heavy (non-hydrogen) atoms. The van der Waals surface area contributed by atoms with Gasteiger partial charge in [0.15, 0.2) is 23.0 Å². The zero-order chi connectivity index (χ0) is 22.6. The molecule has 0 aliphatic carbocycles. The predicted octanol–water partition coefficient (Wildman–Crippen LogP) is 5.01. The summed E-state index contributed by atoms with van der Waals surface area (Å²) in [7, 11) is 9.65. The summed E-state index contributed by atoms with van der Waals surface area (Å²) in [6, 6.07) is 8.02. The molecule has 0 aliphatic heterocycles. The van der Waals surface area contributed by atoms with Gasteiger partial charge < -0.3 is 38.4 Å². The maximum absolute atomic E-state index is 5.74. The SMILES string of the molecule is COc1cc2c([nH]c3c2ccc2c3[nH]c3cc(OC)c(OC)c(OC)c32)c(OC)c1OC. The number of H-pyrrole nitrogens is 2. The Morgan fingerprint density at radius 3 is 1.69 bits per heavy atom. The highest BCUT2D eigenvalue weighted by Crippen LogP contribution is 2.49. The van der Waals surface area contributed by atoms with E-state index in [-0.39, 0.29) is 0 Å². The number of aromatic amines is 2. The van der Waals surface area contributed by atoms with Crippen LogP contribution in [0.1, 0.15) is 0 Å². The number of rotatable bonds is 6. The number of methoxy groups -OCH3 is 6. The molecule has 8 nitrogen and oxygen atoms in total. The fraction of sp³-hybridized carbons (Fsp3) is 0.250. The Balaban J connectivity index is 1.95. The van der Waals surface area contributed by atoms with Crippen LogP contribution in [0.25, 0.3) is 43.6 Å². The van der Waals surface area contributed by atoms with Crippen molar-refractivity contribution in [2.45, 2.75) is 0 Å². The number of hydrogen-bond donors (Lipinski definition) is 2. The van der Waals surface area contributed by atoms with Gasteiger partial charge in [-0.2, -0.15) is 0 Å². The van der Waals surface area contributed by atoms with Gasteiger partial charge in [0.2, 0.25) is 11.5 Å². The van der Waals surface area contributed by atoms with Crippen LogP contribution in [-0.2, 0) is 0 Å². The monoisotopic (exact) mass is 436 g/mol. The van der Waals surface area contributed by atoms with Crippen molar-refractivity contribution in [1.29, 1.82) is 0 Å². The minimum absolute atomic E-state index is 0.540. The van der Waals surface area contributed by atoms with Gasteiger partial charge in [-0.15, -0.1) is 0 Å². The van der Waals surface area contributed by atoms with Gasteiger partial charge in [-0.1, -0.05) is 12.1 Å². The number of ether oxygens (including phenoxy) is 6. The van der Waals surface area contributed by atoms with E-state index in [0.29, 0.717) is 34.5 Å². The number of nitrogens with one attached hydrogen (secondary N) is 2. The highest BCUT2D eigenvalue weighted by atomic mass is 16.5. The molecular formula is C24H24N2O6. The third-order valence-electron chi connectivity index (χ3n) is 5.93. The number of aromatic nitrogens is 2. The zero-order valence-electron chi connectivity index (χ0n) is 18.8. The van der Waals surface area contributed by atoms with E-state index >= 15 is 0 Å². The largest absolute Gasteiger partial charge is 0.493 e. The van der Waals surface area contributed by atoms with Crippen LogP contribution >= 0.6 is 0 Å². The van der Waals surface area contributed by atoms with Crippen LogP contribution in [-0.4, -0.2) is 52.6 Å². The van der Waals surface area contributed by atoms with Crippen LogP contribution in [0.15, 0.2) is 24.3 Å². The van der Waals surface area contributed by atoms with Gasteiger partial charge in [-0.3, -0.25) is 0 Å². The molecule has 0 amide bonds. The molecule has 2 N–H and O–H groups in total. The predicted molar refractivity (Wildman–Crippen MR) is 124 cm³/mol. The lowest BCUT2D eigenvalue weighted by molar-refractivity contribution is 0.327. The summed E-state index contributed by atoms with van der Waals surface area (Å²) in [6.07, 6.45) is 0. The molecule has 0 fully saturated rings. The second-order valence-electron chi connectivity index (χ2n) is 7.30. The molecule has 0 spiro atoms. The minimum Gasteiger partial charge on any atom is -0.493 e. The lowest BCUT2D eigenvalue weighted by atomic mass is 10.1. The summed E-state index contributed by atoms with van der Waals surface area (Å²) in [4.78, 5) is 7.05. The van der Waals surface area contributed by atoms with Crippen molar-refractivity contribution in [2.24, 2.45) is 0 Å². The number of fused-ring (bicyclic) bond motifs is 7. The average Bonchev–Trinajstić information content (AvgIpc) is 3.39. The minimum atomic E-state index is 0.540. The normalized spacial score (nSPS) is 11.4. The van der Waals surface area contributed by atoms with Gasteiger partial charge in [0.1, 0.15) is 0 Å². The smallest absolute Gasteiger partial charge is 0.205 e. The van der Waals surface area contributed by atoms with Gasteiger partial charge >= 0.3 is 0 Å². The van der Waals surface area contributed by atoms with Crippen LogP contribution in [0.4, 0.5) is 0 Å².